The lowest BCUT2D eigenvalue weighted by atomic mass is 9.92. The van der Waals surface area contributed by atoms with Crippen molar-refractivity contribution in [2.24, 2.45) is 12.5 Å². The van der Waals surface area contributed by atoms with Crippen LogP contribution in [-0.2, 0) is 13.6 Å². The third kappa shape index (κ3) is 3.45. The van der Waals surface area contributed by atoms with E-state index in [1.807, 2.05) is 13.1 Å². The summed E-state index contributed by atoms with van der Waals surface area (Å²) in [7, 11) is 1.82. The van der Waals surface area contributed by atoms with Gasteiger partial charge >= 0.3 is 0 Å². The molecule has 1 spiro atoms. The maximum atomic E-state index is 13.9. The third-order valence-corrected chi connectivity index (χ3v) is 6.61. The number of likely N-dealkylation sites (tertiary alicyclic amines) is 1. The number of hydrogen-bond donors (Lipinski definition) is 1. The number of aryl methyl sites for hydroxylation is 1. The van der Waals surface area contributed by atoms with Crippen LogP contribution in [0.25, 0.3) is 11.0 Å². The minimum atomic E-state index is -0.413. The van der Waals surface area contributed by atoms with Gasteiger partial charge in [-0.3, -0.25) is 19.4 Å². The highest BCUT2D eigenvalue weighted by atomic mass is 19.1. The Morgan fingerprint density at radius 3 is 2.83 bits per heavy atom. The van der Waals surface area contributed by atoms with Gasteiger partial charge in [0, 0.05) is 31.4 Å². The first-order valence-electron chi connectivity index (χ1n) is 10.2. The number of pyridine rings is 1. The molecule has 156 valence electrons. The van der Waals surface area contributed by atoms with Crippen LogP contribution in [0.1, 0.15) is 35.2 Å². The van der Waals surface area contributed by atoms with E-state index in [4.69, 9.17) is 0 Å². The standard InChI is InChI=1S/C22H23F2N5O/c1-28-19-9-14(11-25-18(19)12-26-28)21(30)27-20-10-22(20)4-6-29(7-5-22)13-15-8-16(23)2-3-17(15)24/h2-3,8-9,11-12,20H,4-7,10,13H2,1H3,(H,27,30). The van der Waals surface area contributed by atoms with Gasteiger partial charge in [0.1, 0.15) is 17.2 Å². The zero-order chi connectivity index (χ0) is 20.9. The fourth-order valence-corrected chi connectivity index (χ4v) is 4.56. The Labute approximate surface area is 172 Å². The Hall–Kier alpha value is -2.87. The molecule has 3 heterocycles. The highest BCUT2D eigenvalue weighted by molar-refractivity contribution is 5.97. The lowest BCUT2D eigenvalue weighted by Gasteiger charge is -2.33. The summed E-state index contributed by atoms with van der Waals surface area (Å²) in [5, 5.41) is 7.31. The van der Waals surface area contributed by atoms with Gasteiger partial charge in [-0.25, -0.2) is 8.78 Å². The van der Waals surface area contributed by atoms with Crippen LogP contribution in [0, 0.1) is 17.0 Å². The minimum Gasteiger partial charge on any atom is -0.349 e. The van der Waals surface area contributed by atoms with Crippen molar-refractivity contribution in [1.29, 1.82) is 0 Å². The molecule has 1 amide bonds. The number of piperidine rings is 1. The quantitative estimate of drug-likeness (QED) is 0.717. The molecule has 1 aliphatic carbocycles. The fraction of sp³-hybridized carbons (Fsp3) is 0.409. The second kappa shape index (κ2) is 7.12. The molecule has 1 N–H and O–H groups in total. The van der Waals surface area contributed by atoms with E-state index in [0.717, 1.165) is 49.5 Å². The Kier molecular flexibility index (Phi) is 4.54. The van der Waals surface area contributed by atoms with Crippen molar-refractivity contribution < 1.29 is 13.6 Å². The van der Waals surface area contributed by atoms with Crippen molar-refractivity contribution >= 4 is 16.9 Å². The molecule has 6 nitrogen and oxygen atoms in total. The summed E-state index contributed by atoms with van der Waals surface area (Å²) >= 11 is 0. The number of fused-ring (bicyclic) bond motifs is 1. The Bertz CT molecular complexity index is 1120. The monoisotopic (exact) mass is 411 g/mol. The first-order chi connectivity index (χ1) is 14.4. The van der Waals surface area contributed by atoms with Crippen LogP contribution in [0.3, 0.4) is 0 Å². The summed E-state index contributed by atoms with van der Waals surface area (Å²) in [4.78, 5) is 19.2. The molecule has 0 bridgehead atoms. The number of aromatic nitrogens is 3. The molecule has 1 unspecified atom stereocenters. The average molecular weight is 411 g/mol. The highest BCUT2D eigenvalue weighted by Gasteiger charge is 2.55. The van der Waals surface area contributed by atoms with Crippen molar-refractivity contribution in [3.05, 3.63) is 59.4 Å². The largest absolute Gasteiger partial charge is 0.349 e. The average Bonchev–Trinajstić information content (AvgIpc) is 3.26. The number of nitrogens with one attached hydrogen (secondary N) is 1. The molecule has 2 aromatic heterocycles. The fourth-order valence-electron chi connectivity index (χ4n) is 4.56. The number of carbonyl (C=O) groups is 1. The SMILES string of the molecule is Cn1ncc2ncc(C(=O)NC3CC34CCN(Cc3cc(F)ccc3F)CC4)cc21. The van der Waals surface area contributed by atoms with Crippen molar-refractivity contribution in [2.75, 3.05) is 13.1 Å². The zero-order valence-corrected chi connectivity index (χ0v) is 16.7. The molecule has 8 heteroatoms. The van der Waals surface area contributed by atoms with E-state index in [9.17, 15) is 13.6 Å². The van der Waals surface area contributed by atoms with Gasteiger partial charge in [0.15, 0.2) is 0 Å². The van der Waals surface area contributed by atoms with Crippen LogP contribution < -0.4 is 5.32 Å². The van der Waals surface area contributed by atoms with Gasteiger partial charge in [0.05, 0.1) is 17.3 Å². The predicted octanol–water partition coefficient (Wildman–Crippen LogP) is 3.03. The molecule has 1 aromatic carbocycles. The minimum absolute atomic E-state index is 0.114. The van der Waals surface area contributed by atoms with E-state index in [0.29, 0.717) is 17.7 Å². The molecular weight excluding hydrogens is 388 g/mol. The van der Waals surface area contributed by atoms with Gasteiger partial charge in [-0.1, -0.05) is 0 Å². The highest BCUT2D eigenvalue weighted by Crippen LogP contribution is 2.54. The smallest absolute Gasteiger partial charge is 0.253 e. The van der Waals surface area contributed by atoms with Crippen LogP contribution in [0.4, 0.5) is 8.78 Å². The van der Waals surface area contributed by atoms with Crippen LogP contribution in [0.15, 0.2) is 36.7 Å². The third-order valence-electron chi connectivity index (χ3n) is 6.61. The number of nitrogens with zero attached hydrogens (tertiary/aromatic N) is 4. The van der Waals surface area contributed by atoms with Crippen molar-refractivity contribution in [1.82, 2.24) is 25.0 Å². The van der Waals surface area contributed by atoms with E-state index in [-0.39, 0.29) is 23.2 Å². The molecule has 5 rings (SSSR count). The number of rotatable bonds is 4. The Balaban J connectivity index is 1.18. The first kappa shape index (κ1) is 19.1. The Morgan fingerprint density at radius 1 is 1.23 bits per heavy atom. The zero-order valence-electron chi connectivity index (χ0n) is 16.7. The molecule has 1 aliphatic heterocycles. The maximum Gasteiger partial charge on any atom is 0.253 e. The van der Waals surface area contributed by atoms with Crippen molar-refractivity contribution in [3.8, 4) is 0 Å². The molecule has 30 heavy (non-hydrogen) atoms. The Morgan fingerprint density at radius 2 is 2.03 bits per heavy atom. The van der Waals surface area contributed by atoms with Crippen LogP contribution in [0.2, 0.25) is 0 Å². The van der Waals surface area contributed by atoms with Crippen molar-refractivity contribution in [3.63, 3.8) is 0 Å². The maximum absolute atomic E-state index is 13.9. The second-order valence-electron chi connectivity index (χ2n) is 8.50. The van der Waals surface area contributed by atoms with Crippen molar-refractivity contribution in [2.45, 2.75) is 31.8 Å². The topological polar surface area (TPSA) is 63.1 Å². The molecule has 1 saturated heterocycles. The lowest BCUT2D eigenvalue weighted by molar-refractivity contribution is 0.0933. The van der Waals surface area contributed by atoms with Crippen LogP contribution >= 0.6 is 0 Å². The molecule has 2 aliphatic rings. The van der Waals surface area contributed by atoms with E-state index >= 15 is 0 Å². The van der Waals surface area contributed by atoms with Crippen LogP contribution in [0.5, 0.6) is 0 Å². The predicted molar refractivity (Wildman–Crippen MR) is 108 cm³/mol. The van der Waals surface area contributed by atoms with Gasteiger partial charge in [0.25, 0.3) is 5.91 Å². The molecule has 1 atom stereocenters. The molecule has 1 saturated carbocycles. The summed E-state index contributed by atoms with van der Waals surface area (Å²) in [5.41, 5.74) is 2.64. The summed E-state index contributed by atoms with van der Waals surface area (Å²) in [6.07, 6.45) is 6.10. The van der Waals surface area contributed by atoms with E-state index < -0.39 is 5.82 Å². The van der Waals surface area contributed by atoms with Gasteiger partial charge in [-0.05, 0) is 62.0 Å². The molecule has 0 radical (unpaired) electrons. The van der Waals surface area contributed by atoms with Crippen LogP contribution in [-0.4, -0.2) is 44.7 Å². The molecular formula is C22H23F2N5O. The number of amides is 1. The van der Waals surface area contributed by atoms with E-state index in [1.165, 1.54) is 12.1 Å². The van der Waals surface area contributed by atoms with E-state index in [1.54, 1.807) is 17.1 Å². The van der Waals surface area contributed by atoms with Gasteiger partial charge in [-0.2, -0.15) is 5.10 Å². The normalized spacial score (nSPS) is 20.6. The number of benzene rings is 1. The lowest BCUT2D eigenvalue weighted by Crippen LogP contribution is -2.38. The van der Waals surface area contributed by atoms with Gasteiger partial charge in [-0.15, -0.1) is 0 Å². The number of halogens is 2. The number of hydrogen-bond acceptors (Lipinski definition) is 4. The first-order valence-corrected chi connectivity index (χ1v) is 10.2. The van der Waals surface area contributed by atoms with E-state index in [2.05, 4.69) is 20.3 Å². The summed E-state index contributed by atoms with van der Waals surface area (Å²) in [6, 6.07) is 5.56. The summed E-state index contributed by atoms with van der Waals surface area (Å²) in [6.45, 7) is 2.03. The second-order valence-corrected chi connectivity index (χ2v) is 8.50. The summed E-state index contributed by atoms with van der Waals surface area (Å²) in [5.74, 6) is -0.896. The molecule has 3 aromatic rings. The summed E-state index contributed by atoms with van der Waals surface area (Å²) < 4.78 is 29.0. The van der Waals surface area contributed by atoms with Gasteiger partial charge < -0.3 is 5.32 Å². The van der Waals surface area contributed by atoms with Gasteiger partial charge in [0.2, 0.25) is 0 Å². The number of carbonyl (C=O) groups excluding carboxylic acids is 1. The molecule has 2 fully saturated rings.